The third kappa shape index (κ3) is 11.4. The number of aldehydes is 1. The van der Waals surface area contributed by atoms with Crippen molar-refractivity contribution in [1.82, 2.24) is 4.98 Å². The van der Waals surface area contributed by atoms with Crippen molar-refractivity contribution in [2.75, 3.05) is 0 Å². The van der Waals surface area contributed by atoms with Crippen LogP contribution in [0.2, 0.25) is 0 Å². The number of nitrogens with zero attached hydrogens (tertiary/aromatic N) is 1. The summed E-state index contributed by atoms with van der Waals surface area (Å²) in [4.78, 5) is 24.8. The maximum absolute atomic E-state index is 11.0. The number of carboxylic acids is 1. The number of carbonyl (C=O) groups is 2. The second kappa shape index (κ2) is 14.9. The van der Waals surface area contributed by atoms with Gasteiger partial charge >= 0.3 is 5.97 Å². The summed E-state index contributed by atoms with van der Waals surface area (Å²) >= 11 is 0. The Kier molecular flexibility index (Phi) is 11.9. The second-order valence-electron chi connectivity index (χ2n) is 8.87. The zero-order valence-corrected chi connectivity index (χ0v) is 19.5. The lowest BCUT2D eigenvalue weighted by Crippen LogP contribution is -2.08. The molecule has 180 valence electrons. The molecule has 0 radical (unpaired) electrons. The highest BCUT2D eigenvalue weighted by atomic mass is 16.4. The SMILES string of the molecule is CC(C=O)CCCCCC(CCCC(C=CC(=O)O)[N-]c1ccc[nH]1)Cc1ccc(O)cc1. The van der Waals surface area contributed by atoms with Gasteiger partial charge < -0.3 is 25.3 Å². The number of aromatic amines is 1. The summed E-state index contributed by atoms with van der Waals surface area (Å²) in [6.45, 7) is 1.97. The molecule has 0 aliphatic rings. The van der Waals surface area contributed by atoms with Crippen molar-refractivity contribution < 1.29 is 19.8 Å². The lowest BCUT2D eigenvalue weighted by molar-refractivity contribution is -0.131. The van der Waals surface area contributed by atoms with Crippen LogP contribution in [-0.2, 0) is 16.0 Å². The smallest absolute Gasteiger partial charge is 0.327 e. The molecular weight excluding hydrogens is 416 g/mol. The average molecular weight is 454 g/mol. The number of unbranched alkanes of at least 4 members (excludes halogenated alkanes) is 2. The largest absolute Gasteiger partial charge is 0.508 e. The number of hydrogen-bond acceptors (Lipinski definition) is 3. The molecule has 1 heterocycles. The van der Waals surface area contributed by atoms with E-state index >= 15 is 0 Å². The molecule has 0 saturated carbocycles. The van der Waals surface area contributed by atoms with Gasteiger partial charge in [-0.1, -0.05) is 87.8 Å². The van der Waals surface area contributed by atoms with Crippen LogP contribution in [0.1, 0.15) is 63.9 Å². The monoisotopic (exact) mass is 453 g/mol. The predicted octanol–water partition coefficient (Wildman–Crippen LogP) is 6.55. The number of phenols is 1. The molecule has 6 nitrogen and oxygen atoms in total. The summed E-state index contributed by atoms with van der Waals surface area (Å²) < 4.78 is 0. The molecule has 3 atom stereocenters. The third-order valence-corrected chi connectivity index (χ3v) is 5.92. The maximum Gasteiger partial charge on any atom is 0.327 e. The first kappa shape index (κ1) is 26.2. The van der Waals surface area contributed by atoms with E-state index in [2.05, 4.69) is 10.3 Å². The zero-order chi connectivity index (χ0) is 23.9. The fourth-order valence-electron chi connectivity index (χ4n) is 4.05. The number of phenolic OH excluding ortho intramolecular Hbond substituents is 1. The van der Waals surface area contributed by atoms with Crippen molar-refractivity contribution in [3.63, 3.8) is 0 Å². The van der Waals surface area contributed by atoms with Gasteiger partial charge in [0.2, 0.25) is 0 Å². The first-order valence-electron chi connectivity index (χ1n) is 11.9. The van der Waals surface area contributed by atoms with Gasteiger partial charge in [-0.05, 0) is 48.9 Å². The number of aromatic nitrogens is 1. The topological polar surface area (TPSA) is 104 Å². The highest BCUT2D eigenvalue weighted by Gasteiger charge is 2.12. The molecule has 3 unspecified atom stereocenters. The van der Waals surface area contributed by atoms with E-state index in [1.165, 1.54) is 11.6 Å². The molecule has 0 amide bonds. The molecule has 2 rings (SSSR count). The van der Waals surface area contributed by atoms with Gasteiger partial charge in [0.25, 0.3) is 0 Å². The Labute approximate surface area is 197 Å². The molecule has 0 spiro atoms. The van der Waals surface area contributed by atoms with Crippen LogP contribution < -0.4 is 0 Å². The predicted molar refractivity (Wildman–Crippen MR) is 132 cm³/mol. The lowest BCUT2D eigenvalue weighted by Gasteiger charge is -2.23. The Bertz CT molecular complexity index is 830. The van der Waals surface area contributed by atoms with Gasteiger partial charge in [0.1, 0.15) is 12.0 Å². The molecule has 0 aliphatic carbocycles. The van der Waals surface area contributed by atoms with Gasteiger partial charge in [-0.2, -0.15) is 0 Å². The van der Waals surface area contributed by atoms with Crippen LogP contribution in [0, 0.1) is 11.8 Å². The van der Waals surface area contributed by atoms with Gasteiger partial charge in [-0.15, -0.1) is 0 Å². The van der Waals surface area contributed by atoms with E-state index < -0.39 is 5.97 Å². The van der Waals surface area contributed by atoms with Crippen LogP contribution in [0.3, 0.4) is 0 Å². The minimum Gasteiger partial charge on any atom is -0.508 e. The maximum atomic E-state index is 11.0. The van der Waals surface area contributed by atoms with Crippen LogP contribution >= 0.6 is 0 Å². The average Bonchev–Trinajstić information content (AvgIpc) is 3.31. The number of nitrogens with one attached hydrogen (secondary N) is 1. The van der Waals surface area contributed by atoms with Crippen molar-refractivity contribution in [3.05, 3.63) is 65.6 Å². The number of carboxylic acid groups (broad SMARTS) is 1. The minimum absolute atomic E-state index is 0.136. The quantitative estimate of drug-likeness (QED) is 0.143. The summed E-state index contributed by atoms with van der Waals surface area (Å²) in [6, 6.07) is 11.0. The molecule has 0 saturated heterocycles. The number of aromatic hydroxyl groups is 1. The molecule has 1 aromatic heterocycles. The standard InChI is InChI=1S/C27H37N2O4/c1-21(20-30)7-3-2-4-8-22(19-23-12-15-25(31)16-13-23)9-5-10-24(14-17-27(32)33)29-26-11-6-18-28-26/h6,11-18,20-22,24,28,31H,2-5,7-10,19H2,1H3,(H,32,33)/q-1. The minimum atomic E-state index is -0.962. The highest BCUT2D eigenvalue weighted by Crippen LogP contribution is 2.27. The van der Waals surface area contributed by atoms with Crippen LogP contribution in [0.15, 0.2) is 54.7 Å². The summed E-state index contributed by atoms with van der Waals surface area (Å²) in [5, 5.41) is 23.2. The molecule has 0 bridgehead atoms. The first-order chi connectivity index (χ1) is 16.0. The molecule has 33 heavy (non-hydrogen) atoms. The van der Waals surface area contributed by atoms with Gasteiger partial charge in [0.15, 0.2) is 0 Å². The van der Waals surface area contributed by atoms with E-state index in [9.17, 15) is 14.7 Å². The fraction of sp³-hybridized carbons (Fsp3) is 0.481. The molecular formula is C27H37N2O4-. The number of aliphatic carboxylic acids is 1. The van der Waals surface area contributed by atoms with Gasteiger partial charge in [-0.25, -0.2) is 4.79 Å². The van der Waals surface area contributed by atoms with Crippen molar-refractivity contribution >= 4 is 18.1 Å². The van der Waals surface area contributed by atoms with Crippen LogP contribution in [-0.4, -0.2) is 33.5 Å². The van der Waals surface area contributed by atoms with Crippen LogP contribution in [0.25, 0.3) is 5.32 Å². The Morgan fingerprint density at radius 2 is 1.76 bits per heavy atom. The molecule has 6 heteroatoms. The van der Waals surface area contributed by atoms with E-state index in [0.29, 0.717) is 5.92 Å². The summed E-state index contributed by atoms with van der Waals surface area (Å²) in [5.41, 5.74) is 1.21. The lowest BCUT2D eigenvalue weighted by atomic mass is 9.88. The molecule has 0 fully saturated rings. The highest BCUT2D eigenvalue weighted by molar-refractivity contribution is 5.80. The number of hydrogen-bond donors (Lipinski definition) is 3. The Morgan fingerprint density at radius 3 is 2.42 bits per heavy atom. The van der Waals surface area contributed by atoms with Crippen molar-refractivity contribution in [1.29, 1.82) is 0 Å². The Hall–Kier alpha value is -3.02. The van der Waals surface area contributed by atoms with E-state index in [-0.39, 0.29) is 17.7 Å². The molecule has 3 N–H and O–H groups in total. The van der Waals surface area contributed by atoms with E-state index in [4.69, 9.17) is 5.11 Å². The Balaban J connectivity index is 1.89. The molecule has 2 aromatic rings. The van der Waals surface area contributed by atoms with Gasteiger partial charge in [0, 0.05) is 12.0 Å². The van der Waals surface area contributed by atoms with Crippen LogP contribution in [0.5, 0.6) is 5.75 Å². The normalized spacial score (nSPS) is 14.1. The van der Waals surface area contributed by atoms with Crippen molar-refractivity contribution in [2.45, 2.75) is 70.8 Å². The van der Waals surface area contributed by atoms with Crippen LogP contribution in [0.4, 0.5) is 5.82 Å². The first-order valence-corrected chi connectivity index (χ1v) is 11.9. The van der Waals surface area contributed by atoms with E-state index in [0.717, 1.165) is 69.9 Å². The Morgan fingerprint density at radius 1 is 1.03 bits per heavy atom. The second-order valence-corrected chi connectivity index (χ2v) is 8.87. The number of carbonyl (C=O) groups excluding carboxylic acids is 1. The van der Waals surface area contributed by atoms with Crippen molar-refractivity contribution in [3.8, 4) is 5.75 Å². The van der Waals surface area contributed by atoms with E-state index in [1.54, 1.807) is 24.4 Å². The fourth-order valence-corrected chi connectivity index (χ4v) is 4.05. The molecule has 0 aliphatic heterocycles. The summed E-state index contributed by atoms with van der Waals surface area (Å²) in [6.07, 6.45) is 14.8. The zero-order valence-electron chi connectivity index (χ0n) is 19.5. The number of rotatable bonds is 17. The van der Waals surface area contributed by atoms with Crippen molar-refractivity contribution in [2.24, 2.45) is 11.8 Å². The van der Waals surface area contributed by atoms with Gasteiger partial charge in [0.05, 0.1) is 0 Å². The number of benzene rings is 1. The third-order valence-electron chi connectivity index (χ3n) is 5.92. The molecule has 1 aromatic carbocycles. The summed E-state index contributed by atoms with van der Waals surface area (Å²) in [5.74, 6) is 0.708. The van der Waals surface area contributed by atoms with E-state index in [1.807, 2.05) is 31.2 Å². The number of H-pyrrole nitrogens is 1. The van der Waals surface area contributed by atoms with Gasteiger partial charge in [-0.3, -0.25) is 0 Å². The summed E-state index contributed by atoms with van der Waals surface area (Å²) in [7, 11) is 0.